The van der Waals surface area contributed by atoms with Gasteiger partial charge < -0.3 is 25.2 Å². The second kappa shape index (κ2) is 55.2. The number of hydrogen-bond donors (Lipinski definition) is 4. The van der Waals surface area contributed by atoms with E-state index in [0.717, 1.165) is 38.5 Å². The molecule has 0 aromatic carbocycles. The van der Waals surface area contributed by atoms with E-state index in [1.807, 2.05) is 0 Å². The number of unbranched alkanes of at least 4 members (excludes halogenated alkanes) is 44. The molecule has 0 radical (unpaired) electrons. The fraction of sp³-hybridized carbons (Fsp3) is 0.933. The van der Waals surface area contributed by atoms with Crippen LogP contribution in [-0.4, -0.2) is 56.5 Å². The van der Waals surface area contributed by atoms with Gasteiger partial charge in [0, 0.05) is 6.42 Å². The summed E-state index contributed by atoms with van der Waals surface area (Å²) in [5, 5.41) is 37.4. The van der Waals surface area contributed by atoms with E-state index >= 15 is 0 Å². The normalized spacial score (nSPS) is 12.6. The standard InChI is InChI=1S/C36H72O2.C24H44O7/c1-3-5-7-9-11-13-15-17-19-21-23-25-27-29-31-33-35-38-36(37)34-32-30-28-26-24-22-20-18-16-14-12-10-8-6-4-2;1-2-3-4-5-6-7-8-9-10-11-12-13-14-15-16-17-18-20(22(27)28)24(31,23(29)30)19-21(25)26/h3-35H2,1-2H3;20,31H,2-19H2,1H3,(H,25,26)(H,27,28)(H,29,30). The summed E-state index contributed by atoms with van der Waals surface area (Å²) in [5.41, 5.74) is -2.78. The summed E-state index contributed by atoms with van der Waals surface area (Å²) in [6.07, 6.45) is 60.7. The van der Waals surface area contributed by atoms with Gasteiger partial charge in [-0.3, -0.25) is 14.4 Å². The van der Waals surface area contributed by atoms with Gasteiger partial charge in [-0.05, 0) is 19.3 Å². The van der Waals surface area contributed by atoms with Crippen LogP contribution in [0, 0.1) is 5.92 Å². The van der Waals surface area contributed by atoms with Crippen molar-refractivity contribution in [3.8, 4) is 0 Å². The minimum absolute atomic E-state index is 0.0284. The Hall–Kier alpha value is -2.16. The van der Waals surface area contributed by atoms with Crippen LogP contribution in [-0.2, 0) is 23.9 Å². The Kier molecular flexibility index (Phi) is 55.1. The molecule has 0 rings (SSSR count). The number of rotatable bonds is 55. The minimum Gasteiger partial charge on any atom is -0.481 e. The van der Waals surface area contributed by atoms with Crippen molar-refractivity contribution in [3.63, 3.8) is 0 Å². The van der Waals surface area contributed by atoms with Gasteiger partial charge in [0.25, 0.3) is 0 Å². The number of carboxylic acid groups (broad SMARTS) is 3. The Labute approximate surface area is 426 Å². The van der Waals surface area contributed by atoms with Gasteiger partial charge in [-0.15, -0.1) is 0 Å². The lowest BCUT2D eigenvalue weighted by Gasteiger charge is -2.28. The SMILES string of the molecule is CCCCCCCCCCCCCCCCCCC(C(=O)O)C(O)(CC(=O)O)C(=O)O.CCCCCCCCCCCCCCCCCCOC(=O)CCCCCCCCCCCCCCCCC. The number of carbonyl (C=O) groups is 4. The van der Waals surface area contributed by atoms with Crippen LogP contribution in [0.2, 0.25) is 0 Å². The first-order chi connectivity index (χ1) is 33.6. The van der Waals surface area contributed by atoms with E-state index < -0.39 is 35.8 Å². The monoisotopic (exact) mass is 981 g/mol. The molecule has 0 aliphatic heterocycles. The summed E-state index contributed by atoms with van der Waals surface area (Å²) in [5.74, 6) is -6.43. The average Bonchev–Trinajstić information content (AvgIpc) is 3.32. The Morgan fingerprint density at radius 2 is 0.609 bits per heavy atom. The molecule has 0 aliphatic carbocycles. The zero-order valence-electron chi connectivity index (χ0n) is 46.0. The Morgan fingerprint density at radius 1 is 0.362 bits per heavy atom. The number of aliphatic hydroxyl groups is 1. The molecule has 0 spiro atoms. The molecule has 4 N–H and O–H groups in total. The van der Waals surface area contributed by atoms with Crippen LogP contribution in [0.25, 0.3) is 0 Å². The molecule has 410 valence electrons. The van der Waals surface area contributed by atoms with Crippen LogP contribution in [0.1, 0.15) is 342 Å². The molecule has 69 heavy (non-hydrogen) atoms. The molecule has 0 aromatic rings. The predicted octanol–water partition coefficient (Wildman–Crippen LogP) is 18.7. The van der Waals surface area contributed by atoms with E-state index in [2.05, 4.69) is 20.8 Å². The third kappa shape index (κ3) is 50.6. The van der Waals surface area contributed by atoms with E-state index in [1.165, 1.54) is 257 Å². The quantitative estimate of drug-likeness (QED) is 0.0344. The van der Waals surface area contributed by atoms with Crippen molar-refractivity contribution < 1.29 is 44.3 Å². The highest BCUT2D eigenvalue weighted by atomic mass is 16.5. The van der Waals surface area contributed by atoms with E-state index in [-0.39, 0.29) is 12.4 Å². The number of hydrogen-bond acceptors (Lipinski definition) is 6. The van der Waals surface area contributed by atoms with Crippen LogP contribution < -0.4 is 0 Å². The van der Waals surface area contributed by atoms with E-state index in [9.17, 15) is 29.4 Å². The van der Waals surface area contributed by atoms with Crippen molar-refractivity contribution in [2.75, 3.05) is 6.61 Å². The molecule has 0 bridgehead atoms. The summed E-state index contributed by atoms with van der Waals surface area (Å²) in [6.45, 7) is 7.45. The van der Waals surface area contributed by atoms with Crippen LogP contribution in [0.3, 0.4) is 0 Å². The van der Waals surface area contributed by atoms with Crippen molar-refractivity contribution in [3.05, 3.63) is 0 Å². The zero-order chi connectivity index (χ0) is 51.2. The lowest BCUT2D eigenvalue weighted by atomic mass is 9.81. The average molecular weight is 982 g/mol. The minimum atomic E-state index is -2.78. The fourth-order valence-electron chi connectivity index (χ4n) is 9.59. The highest BCUT2D eigenvalue weighted by Crippen LogP contribution is 2.28. The van der Waals surface area contributed by atoms with Crippen molar-refractivity contribution >= 4 is 23.9 Å². The Balaban J connectivity index is 0. The van der Waals surface area contributed by atoms with Gasteiger partial charge in [0.2, 0.25) is 0 Å². The fourth-order valence-corrected chi connectivity index (χ4v) is 9.59. The Bertz CT molecular complexity index is 1110. The van der Waals surface area contributed by atoms with Gasteiger partial charge in [0.15, 0.2) is 5.60 Å². The summed E-state index contributed by atoms with van der Waals surface area (Å²) in [4.78, 5) is 45.5. The topological polar surface area (TPSA) is 158 Å². The maximum absolute atomic E-state index is 11.9. The number of ether oxygens (including phenoxy) is 1. The molecule has 2 atom stereocenters. The predicted molar refractivity (Wildman–Crippen MR) is 290 cm³/mol. The Morgan fingerprint density at radius 3 is 0.855 bits per heavy atom. The molecule has 9 nitrogen and oxygen atoms in total. The smallest absolute Gasteiger partial charge is 0.337 e. The summed E-state index contributed by atoms with van der Waals surface area (Å²) in [6, 6.07) is 0. The van der Waals surface area contributed by atoms with Crippen LogP contribution in [0.5, 0.6) is 0 Å². The number of carboxylic acids is 3. The van der Waals surface area contributed by atoms with Gasteiger partial charge in [0.1, 0.15) is 0 Å². The second-order valence-corrected chi connectivity index (χ2v) is 21.0. The van der Waals surface area contributed by atoms with Crippen LogP contribution >= 0.6 is 0 Å². The van der Waals surface area contributed by atoms with E-state index in [1.54, 1.807) is 0 Å². The molecule has 0 fully saturated rings. The van der Waals surface area contributed by atoms with Crippen molar-refractivity contribution in [2.45, 2.75) is 347 Å². The summed E-state index contributed by atoms with van der Waals surface area (Å²) in [7, 11) is 0. The van der Waals surface area contributed by atoms with Crippen molar-refractivity contribution in [1.82, 2.24) is 0 Å². The second-order valence-electron chi connectivity index (χ2n) is 21.0. The highest BCUT2D eigenvalue weighted by molar-refractivity contribution is 5.89. The summed E-state index contributed by atoms with van der Waals surface area (Å²) < 4.78 is 5.44. The zero-order valence-corrected chi connectivity index (χ0v) is 46.0. The third-order valence-electron chi connectivity index (χ3n) is 14.3. The van der Waals surface area contributed by atoms with Crippen LogP contribution in [0.4, 0.5) is 0 Å². The molecule has 0 saturated carbocycles. The lowest BCUT2D eigenvalue weighted by molar-refractivity contribution is -0.179. The first kappa shape index (κ1) is 68.9. The van der Waals surface area contributed by atoms with Crippen molar-refractivity contribution in [2.24, 2.45) is 5.92 Å². The number of esters is 1. The van der Waals surface area contributed by atoms with Gasteiger partial charge >= 0.3 is 23.9 Å². The largest absolute Gasteiger partial charge is 0.481 e. The maximum atomic E-state index is 11.9. The molecule has 0 aliphatic rings. The van der Waals surface area contributed by atoms with Gasteiger partial charge in [0.05, 0.1) is 18.9 Å². The summed E-state index contributed by atoms with van der Waals surface area (Å²) >= 11 is 0. The van der Waals surface area contributed by atoms with Gasteiger partial charge in [-0.2, -0.15) is 0 Å². The maximum Gasteiger partial charge on any atom is 0.337 e. The van der Waals surface area contributed by atoms with Crippen LogP contribution in [0.15, 0.2) is 0 Å². The molecule has 0 saturated heterocycles. The van der Waals surface area contributed by atoms with E-state index in [4.69, 9.17) is 14.9 Å². The van der Waals surface area contributed by atoms with Crippen molar-refractivity contribution in [1.29, 1.82) is 0 Å². The first-order valence-corrected chi connectivity index (χ1v) is 30.1. The first-order valence-electron chi connectivity index (χ1n) is 30.1. The lowest BCUT2D eigenvalue weighted by Crippen LogP contribution is -2.50. The van der Waals surface area contributed by atoms with E-state index in [0.29, 0.717) is 19.4 Å². The molecule has 0 amide bonds. The number of carbonyl (C=O) groups excluding carboxylic acids is 1. The molecule has 0 heterocycles. The highest BCUT2D eigenvalue weighted by Gasteiger charge is 2.49. The third-order valence-corrected chi connectivity index (χ3v) is 14.3. The van der Waals surface area contributed by atoms with Gasteiger partial charge in [-0.25, -0.2) is 4.79 Å². The van der Waals surface area contributed by atoms with Gasteiger partial charge in [-0.1, -0.05) is 310 Å². The number of aliphatic carboxylic acids is 3. The molecular weight excluding hydrogens is 865 g/mol. The molecular formula is C60H116O9. The molecule has 2 unspecified atom stereocenters. The molecule has 9 heteroatoms. The molecule has 0 aromatic heterocycles.